The molecule has 6 heteroatoms. The standard InChI is InChI=1S/C14H23N3O2S/c1-14(2,3)17-8-6-15-13(17)20-10-12(19)16-7-4-5-11(18)9-16/h6,8,11,18H,4-5,7,9-10H2,1-3H3. The van der Waals surface area contributed by atoms with Crippen molar-refractivity contribution < 1.29 is 9.90 Å². The largest absolute Gasteiger partial charge is 0.391 e. The summed E-state index contributed by atoms with van der Waals surface area (Å²) in [6.45, 7) is 7.56. The maximum absolute atomic E-state index is 12.2. The lowest BCUT2D eigenvalue weighted by atomic mass is 10.1. The Labute approximate surface area is 124 Å². The van der Waals surface area contributed by atoms with Crippen LogP contribution in [0.25, 0.3) is 0 Å². The highest BCUT2D eigenvalue weighted by Gasteiger charge is 2.23. The van der Waals surface area contributed by atoms with E-state index in [0.29, 0.717) is 12.3 Å². The number of β-amino-alcohol motifs (C(OH)–C–C–N with tert-alkyl or cyclic N) is 1. The molecule has 20 heavy (non-hydrogen) atoms. The predicted molar refractivity (Wildman–Crippen MR) is 79.8 cm³/mol. The fourth-order valence-corrected chi connectivity index (χ4v) is 3.35. The van der Waals surface area contributed by atoms with Gasteiger partial charge in [-0.2, -0.15) is 0 Å². The molecule has 0 aromatic carbocycles. The van der Waals surface area contributed by atoms with Crippen LogP contribution in [0.3, 0.4) is 0 Å². The summed E-state index contributed by atoms with van der Waals surface area (Å²) in [4.78, 5) is 18.2. The quantitative estimate of drug-likeness (QED) is 0.863. The minimum atomic E-state index is -0.366. The number of nitrogens with zero attached hydrogens (tertiary/aromatic N) is 3. The van der Waals surface area contributed by atoms with E-state index in [1.165, 1.54) is 11.8 Å². The Morgan fingerprint density at radius 3 is 2.95 bits per heavy atom. The van der Waals surface area contributed by atoms with Gasteiger partial charge in [-0.15, -0.1) is 0 Å². The first-order valence-corrected chi connectivity index (χ1v) is 7.99. The van der Waals surface area contributed by atoms with Crippen LogP contribution >= 0.6 is 11.8 Å². The van der Waals surface area contributed by atoms with Crippen molar-refractivity contribution >= 4 is 17.7 Å². The Kier molecular flexibility index (Phi) is 4.75. The molecule has 1 unspecified atom stereocenters. The molecule has 1 atom stereocenters. The second-order valence-electron chi connectivity index (χ2n) is 6.18. The van der Waals surface area contributed by atoms with Crippen molar-refractivity contribution in [2.45, 2.75) is 50.4 Å². The van der Waals surface area contributed by atoms with Gasteiger partial charge in [-0.1, -0.05) is 11.8 Å². The number of carbonyl (C=O) groups excluding carboxylic acids is 1. The molecule has 112 valence electrons. The van der Waals surface area contributed by atoms with Crippen molar-refractivity contribution in [3.05, 3.63) is 12.4 Å². The summed E-state index contributed by atoms with van der Waals surface area (Å²) in [5.41, 5.74) is -0.0385. The van der Waals surface area contributed by atoms with E-state index in [2.05, 4.69) is 30.3 Å². The highest BCUT2D eigenvalue weighted by Crippen LogP contribution is 2.24. The van der Waals surface area contributed by atoms with Gasteiger partial charge in [-0.25, -0.2) is 4.98 Å². The van der Waals surface area contributed by atoms with E-state index in [1.807, 2.05) is 6.20 Å². The third-order valence-corrected chi connectivity index (χ3v) is 4.36. The lowest BCUT2D eigenvalue weighted by molar-refractivity contribution is -0.131. The van der Waals surface area contributed by atoms with Crippen molar-refractivity contribution in [2.75, 3.05) is 18.8 Å². The molecule has 1 aromatic rings. The molecule has 0 aliphatic carbocycles. The number of hydrogen-bond acceptors (Lipinski definition) is 4. The summed E-state index contributed by atoms with van der Waals surface area (Å²) in [7, 11) is 0. The first-order valence-electron chi connectivity index (χ1n) is 7.00. The number of amides is 1. The Morgan fingerprint density at radius 2 is 2.30 bits per heavy atom. The molecule has 0 saturated carbocycles. The van der Waals surface area contributed by atoms with Crippen molar-refractivity contribution in [2.24, 2.45) is 0 Å². The normalized spacial score (nSPS) is 20.2. The van der Waals surface area contributed by atoms with E-state index in [4.69, 9.17) is 0 Å². The topological polar surface area (TPSA) is 58.4 Å². The molecule has 1 fully saturated rings. The SMILES string of the molecule is CC(C)(C)n1ccnc1SCC(=O)N1CCCC(O)C1. The summed E-state index contributed by atoms with van der Waals surface area (Å²) >= 11 is 1.46. The zero-order chi connectivity index (χ0) is 14.8. The summed E-state index contributed by atoms with van der Waals surface area (Å²) < 4.78 is 2.08. The Balaban J connectivity index is 1.92. The van der Waals surface area contributed by atoms with Crippen LogP contribution in [0.1, 0.15) is 33.6 Å². The van der Waals surface area contributed by atoms with E-state index in [1.54, 1.807) is 11.1 Å². The van der Waals surface area contributed by atoms with Gasteiger partial charge >= 0.3 is 0 Å². The fourth-order valence-electron chi connectivity index (χ4n) is 2.31. The molecular weight excluding hydrogens is 274 g/mol. The van der Waals surface area contributed by atoms with Gasteiger partial charge in [0.2, 0.25) is 5.91 Å². The van der Waals surface area contributed by atoms with Gasteiger partial charge in [0.1, 0.15) is 0 Å². The van der Waals surface area contributed by atoms with Crippen LogP contribution in [0.5, 0.6) is 0 Å². The fraction of sp³-hybridized carbons (Fsp3) is 0.714. The molecule has 1 amide bonds. The lowest BCUT2D eigenvalue weighted by Gasteiger charge is -2.30. The lowest BCUT2D eigenvalue weighted by Crippen LogP contribution is -2.43. The van der Waals surface area contributed by atoms with E-state index in [-0.39, 0.29) is 17.6 Å². The van der Waals surface area contributed by atoms with Crippen LogP contribution in [0, 0.1) is 0 Å². The van der Waals surface area contributed by atoms with Gasteiger partial charge in [0, 0.05) is 31.0 Å². The molecule has 2 rings (SSSR count). The number of likely N-dealkylation sites (tertiary alicyclic amines) is 1. The van der Waals surface area contributed by atoms with Crippen LogP contribution in [0.4, 0.5) is 0 Å². The molecular formula is C14H23N3O2S. The molecule has 5 nitrogen and oxygen atoms in total. The highest BCUT2D eigenvalue weighted by atomic mass is 32.2. The summed E-state index contributed by atoms with van der Waals surface area (Å²) in [5, 5.41) is 10.5. The van der Waals surface area contributed by atoms with Crippen molar-refractivity contribution in [1.29, 1.82) is 0 Å². The minimum absolute atomic E-state index is 0.0385. The van der Waals surface area contributed by atoms with Crippen LogP contribution in [0.2, 0.25) is 0 Å². The number of aliphatic hydroxyl groups excluding tert-OH is 1. The Hall–Kier alpha value is -1.01. The van der Waals surface area contributed by atoms with E-state index in [9.17, 15) is 9.90 Å². The summed E-state index contributed by atoms with van der Waals surface area (Å²) in [6, 6.07) is 0. The van der Waals surface area contributed by atoms with Crippen molar-refractivity contribution in [1.82, 2.24) is 14.5 Å². The van der Waals surface area contributed by atoms with Crippen LogP contribution in [0.15, 0.2) is 17.6 Å². The molecule has 1 aromatic heterocycles. The van der Waals surface area contributed by atoms with Gasteiger partial charge in [-0.3, -0.25) is 4.79 Å². The maximum atomic E-state index is 12.2. The smallest absolute Gasteiger partial charge is 0.233 e. The molecule has 1 aliphatic heterocycles. The molecule has 1 N–H and O–H groups in total. The van der Waals surface area contributed by atoms with Gasteiger partial charge in [-0.05, 0) is 33.6 Å². The third kappa shape index (κ3) is 3.76. The molecule has 1 saturated heterocycles. The van der Waals surface area contributed by atoms with Gasteiger partial charge in [0.25, 0.3) is 0 Å². The number of aromatic nitrogens is 2. The van der Waals surface area contributed by atoms with E-state index in [0.717, 1.165) is 24.5 Å². The first kappa shape index (κ1) is 15.4. The monoisotopic (exact) mass is 297 g/mol. The molecule has 0 spiro atoms. The average molecular weight is 297 g/mol. The van der Waals surface area contributed by atoms with Gasteiger partial charge in [0.05, 0.1) is 11.9 Å². The number of piperidine rings is 1. The number of rotatable bonds is 3. The van der Waals surface area contributed by atoms with Crippen molar-refractivity contribution in [3.63, 3.8) is 0 Å². The minimum Gasteiger partial charge on any atom is -0.391 e. The Morgan fingerprint density at radius 1 is 1.55 bits per heavy atom. The maximum Gasteiger partial charge on any atom is 0.233 e. The van der Waals surface area contributed by atoms with Crippen molar-refractivity contribution in [3.8, 4) is 0 Å². The van der Waals surface area contributed by atoms with Gasteiger partial charge < -0.3 is 14.6 Å². The van der Waals surface area contributed by atoms with Crippen LogP contribution < -0.4 is 0 Å². The van der Waals surface area contributed by atoms with Gasteiger partial charge in [0.15, 0.2) is 5.16 Å². The number of thioether (sulfide) groups is 1. The zero-order valence-corrected chi connectivity index (χ0v) is 13.2. The number of imidazole rings is 1. The molecule has 0 radical (unpaired) electrons. The van der Waals surface area contributed by atoms with E-state index < -0.39 is 0 Å². The zero-order valence-electron chi connectivity index (χ0n) is 12.4. The van der Waals surface area contributed by atoms with Crippen LogP contribution in [-0.4, -0.2) is 50.4 Å². The average Bonchev–Trinajstić information content (AvgIpc) is 2.84. The highest BCUT2D eigenvalue weighted by molar-refractivity contribution is 7.99. The number of aliphatic hydroxyl groups is 1. The molecule has 2 heterocycles. The number of carbonyl (C=O) groups is 1. The second-order valence-corrected chi connectivity index (χ2v) is 7.12. The third-order valence-electron chi connectivity index (χ3n) is 3.40. The Bertz CT molecular complexity index is 467. The molecule has 0 bridgehead atoms. The predicted octanol–water partition coefficient (Wildman–Crippen LogP) is 1.71. The van der Waals surface area contributed by atoms with Crippen LogP contribution in [-0.2, 0) is 10.3 Å². The number of hydrogen-bond donors (Lipinski definition) is 1. The second kappa shape index (κ2) is 6.18. The molecule has 1 aliphatic rings. The van der Waals surface area contributed by atoms with E-state index >= 15 is 0 Å². The summed E-state index contributed by atoms with van der Waals surface area (Å²) in [5.74, 6) is 0.456. The summed E-state index contributed by atoms with van der Waals surface area (Å²) in [6.07, 6.45) is 5.02. The first-order chi connectivity index (χ1) is 9.38.